The standard InChI is InChI=1S/C23H46O2.C8H8O2.2C4H9.Sn/c1-2-3-4-5-6-7-8-9-10-11-12-13-14-15-16-17-18-19-20-21-22-23(24)25;1-6-3-2-4-7(5-6)8(9)10;2*1-3-4-2;/h2-22H2,1H3,(H,24,25);2-5H,1H3,(H,9,10);2*1,3-4H2,2H3;/q;;;;+2/p-2. The molecule has 0 atom stereocenters. The second-order valence-corrected chi connectivity index (χ2v) is 11.7. The smallest absolute Gasteiger partial charge is 0.550 e. The van der Waals surface area contributed by atoms with Crippen LogP contribution < -0.4 is 10.2 Å². The first-order chi connectivity index (χ1) is 20.8. The maximum absolute atomic E-state index is 10.3. The fourth-order valence-corrected chi connectivity index (χ4v) is 4.30. The normalized spacial score (nSPS) is 9.77. The van der Waals surface area contributed by atoms with E-state index in [0.717, 1.165) is 31.2 Å². The van der Waals surface area contributed by atoms with Gasteiger partial charge in [0.1, 0.15) is 0 Å². The molecule has 4 nitrogen and oxygen atoms in total. The van der Waals surface area contributed by atoms with E-state index >= 15 is 0 Å². The Hall–Kier alpha value is -1.04. The number of benzene rings is 1. The maximum Gasteiger partial charge on any atom is 2.00 e. The average Bonchev–Trinajstić information content (AvgIpc) is 3.00. The number of hydrogen-bond donors (Lipinski definition) is 0. The van der Waals surface area contributed by atoms with Gasteiger partial charge in [-0.15, -0.1) is 0 Å². The van der Waals surface area contributed by atoms with Crippen molar-refractivity contribution >= 4 is 35.8 Å². The van der Waals surface area contributed by atoms with Crippen LogP contribution in [0.15, 0.2) is 24.3 Å². The Bertz CT molecular complexity index is 684. The molecule has 0 bridgehead atoms. The van der Waals surface area contributed by atoms with Crippen LogP contribution in [-0.4, -0.2) is 35.8 Å². The minimum Gasteiger partial charge on any atom is -0.550 e. The maximum atomic E-state index is 10.3. The molecule has 0 heterocycles. The number of rotatable bonds is 24. The van der Waals surface area contributed by atoms with Gasteiger partial charge in [-0.3, -0.25) is 0 Å². The van der Waals surface area contributed by atoms with E-state index < -0.39 is 11.9 Å². The Kier molecular flexibility index (Phi) is 49.9. The molecule has 1 aromatic rings. The van der Waals surface area contributed by atoms with Gasteiger partial charge in [0.15, 0.2) is 0 Å². The van der Waals surface area contributed by atoms with Crippen molar-refractivity contribution in [3.8, 4) is 0 Å². The predicted octanol–water partition coefficient (Wildman–Crippen LogP) is 10.2. The van der Waals surface area contributed by atoms with Gasteiger partial charge in [-0.05, 0) is 25.3 Å². The summed E-state index contributed by atoms with van der Waals surface area (Å²) in [5.74, 6) is -2.02. The molecule has 0 spiro atoms. The average molecular weight is 722 g/mol. The molecule has 0 aromatic heterocycles. The largest absolute Gasteiger partial charge is 2.00 e. The molecule has 254 valence electrons. The van der Waals surface area contributed by atoms with E-state index in [1.165, 1.54) is 134 Å². The fraction of sp³-hybridized carbons (Fsp3) is 0.744. The Morgan fingerprint density at radius 1 is 0.568 bits per heavy atom. The first-order valence-electron chi connectivity index (χ1n) is 17.9. The Labute approximate surface area is 291 Å². The quantitative estimate of drug-likeness (QED) is 0.0786. The van der Waals surface area contributed by atoms with Crippen LogP contribution in [0.25, 0.3) is 0 Å². The number of carbonyl (C=O) groups excluding carboxylic acids is 2. The molecule has 0 aliphatic rings. The second-order valence-electron chi connectivity index (χ2n) is 11.7. The number of carboxylic acid groups (broad SMARTS) is 2. The molecule has 0 N–H and O–H groups in total. The minimum atomic E-state index is -1.12. The summed E-state index contributed by atoms with van der Waals surface area (Å²) in [7, 11) is 0. The van der Waals surface area contributed by atoms with Gasteiger partial charge in [0, 0.05) is 5.97 Å². The van der Waals surface area contributed by atoms with Crippen LogP contribution >= 0.6 is 0 Å². The van der Waals surface area contributed by atoms with Gasteiger partial charge in [0.05, 0.1) is 5.97 Å². The van der Waals surface area contributed by atoms with Crippen LogP contribution in [0.1, 0.15) is 197 Å². The van der Waals surface area contributed by atoms with Crippen molar-refractivity contribution in [3.05, 3.63) is 49.2 Å². The molecular formula is C39H70O4Sn. The third kappa shape index (κ3) is 47.9. The van der Waals surface area contributed by atoms with E-state index in [1.807, 2.05) is 13.0 Å². The summed E-state index contributed by atoms with van der Waals surface area (Å²) in [6.45, 7) is 15.6. The molecule has 0 aliphatic carbocycles. The van der Waals surface area contributed by atoms with E-state index in [4.69, 9.17) is 0 Å². The summed E-state index contributed by atoms with van der Waals surface area (Å²) >= 11 is 0. The predicted molar refractivity (Wildman–Crippen MR) is 189 cm³/mol. The van der Waals surface area contributed by atoms with Crippen molar-refractivity contribution in [1.29, 1.82) is 0 Å². The summed E-state index contributed by atoms with van der Waals surface area (Å²) in [6, 6.07) is 6.63. The van der Waals surface area contributed by atoms with Crippen LogP contribution in [0.4, 0.5) is 0 Å². The molecule has 1 aromatic carbocycles. The number of aliphatic carboxylic acids is 1. The van der Waals surface area contributed by atoms with Gasteiger partial charge in [-0.2, -0.15) is 0 Å². The molecular weight excluding hydrogens is 651 g/mol. The molecule has 5 heteroatoms. The Balaban J connectivity index is -0.000000341. The van der Waals surface area contributed by atoms with Crippen molar-refractivity contribution in [2.75, 3.05) is 0 Å². The Morgan fingerprint density at radius 2 is 0.886 bits per heavy atom. The third-order valence-electron chi connectivity index (χ3n) is 7.20. The third-order valence-corrected chi connectivity index (χ3v) is 7.20. The van der Waals surface area contributed by atoms with E-state index in [9.17, 15) is 19.8 Å². The van der Waals surface area contributed by atoms with E-state index in [0.29, 0.717) is 0 Å². The monoisotopic (exact) mass is 722 g/mol. The molecule has 0 aliphatic heterocycles. The van der Waals surface area contributed by atoms with Crippen molar-refractivity contribution in [3.63, 3.8) is 0 Å². The van der Waals surface area contributed by atoms with Gasteiger partial charge in [0.25, 0.3) is 0 Å². The summed E-state index contributed by atoms with van der Waals surface area (Å²) in [5.41, 5.74) is 1.17. The van der Waals surface area contributed by atoms with Gasteiger partial charge < -0.3 is 19.8 Å². The zero-order chi connectivity index (χ0) is 32.8. The topological polar surface area (TPSA) is 80.3 Å². The molecule has 44 heavy (non-hydrogen) atoms. The zero-order valence-electron chi connectivity index (χ0n) is 29.5. The minimum absolute atomic E-state index is 0. The van der Waals surface area contributed by atoms with Crippen LogP contribution in [0.5, 0.6) is 0 Å². The number of aryl methyl sites for hydroxylation is 1. The number of carbonyl (C=O) groups is 2. The molecule has 4 radical (unpaired) electrons. The van der Waals surface area contributed by atoms with Crippen LogP contribution in [0.3, 0.4) is 0 Å². The summed E-state index contributed by atoms with van der Waals surface area (Å²) in [6.07, 6.45) is 31.8. The number of aromatic carboxylic acids is 1. The number of unbranched alkanes of at least 4 members (excludes halogenated alkanes) is 21. The number of hydrogen-bond acceptors (Lipinski definition) is 4. The molecule has 0 unspecified atom stereocenters. The molecule has 1 rings (SSSR count). The number of carboxylic acids is 2. The molecule has 0 fully saturated rings. The van der Waals surface area contributed by atoms with Crippen molar-refractivity contribution in [2.24, 2.45) is 0 Å². The first-order valence-corrected chi connectivity index (χ1v) is 17.9. The molecule has 0 saturated carbocycles. The summed E-state index contributed by atoms with van der Waals surface area (Å²) in [4.78, 5) is 20.5. The van der Waals surface area contributed by atoms with Crippen LogP contribution in [0, 0.1) is 20.8 Å². The summed E-state index contributed by atoms with van der Waals surface area (Å²) in [5, 5.41) is 20.5. The second kappa shape index (κ2) is 44.1. The fourth-order valence-electron chi connectivity index (χ4n) is 4.30. The molecule has 0 amide bonds. The van der Waals surface area contributed by atoms with Crippen molar-refractivity contribution < 1.29 is 19.8 Å². The van der Waals surface area contributed by atoms with Gasteiger partial charge in [-0.1, -0.05) is 212 Å². The van der Waals surface area contributed by atoms with Gasteiger partial charge >= 0.3 is 23.9 Å². The van der Waals surface area contributed by atoms with E-state index in [-0.39, 0.29) is 35.9 Å². The summed E-state index contributed by atoms with van der Waals surface area (Å²) < 4.78 is 0. The van der Waals surface area contributed by atoms with Crippen LogP contribution in [0.2, 0.25) is 0 Å². The Morgan fingerprint density at radius 3 is 1.11 bits per heavy atom. The van der Waals surface area contributed by atoms with E-state index in [1.54, 1.807) is 12.1 Å². The molecule has 0 saturated heterocycles. The van der Waals surface area contributed by atoms with Crippen LogP contribution in [-0.2, 0) is 4.79 Å². The SMILES string of the molecule is CCCCCCCCCCCCCCCCCCCCCCC(=O)[O-].Cc1cccc(C(=O)[O-])c1.[CH2]CCC.[CH2]CCC.[Sn+2]. The van der Waals surface area contributed by atoms with Crippen molar-refractivity contribution in [1.82, 2.24) is 0 Å². The first kappa shape index (κ1) is 49.8. The van der Waals surface area contributed by atoms with E-state index in [2.05, 4.69) is 34.6 Å². The zero-order valence-corrected chi connectivity index (χ0v) is 32.4. The van der Waals surface area contributed by atoms with Gasteiger partial charge in [-0.25, -0.2) is 0 Å². The van der Waals surface area contributed by atoms with Gasteiger partial charge in [0.2, 0.25) is 0 Å². The van der Waals surface area contributed by atoms with Crippen molar-refractivity contribution in [2.45, 2.75) is 188 Å².